The molecule has 0 aromatic heterocycles. The number of hydrogen-bond acceptors (Lipinski definition) is 4. The smallest absolute Gasteiger partial charge is 0.427 e. The van der Waals surface area contributed by atoms with E-state index in [0.29, 0.717) is 18.3 Å². The van der Waals surface area contributed by atoms with Crippen LogP contribution in [0.2, 0.25) is 6.32 Å². The molecular weight excluding hydrogens is 227 g/mol. The van der Waals surface area contributed by atoms with Gasteiger partial charge in [-0.1, -0.05) is 6.42 Å². The molecule has 2 aliphatic rings. The lowest BCUT2D eigenvalue weighted by atomic mass is 9.76. The van der Waals surface area contributed by atoms with Crippen LogP contribution in [0.15, 0.2) is 0 Å². The second kappa shape index (κ2) is 5.49. The molecule has 0 spiro atoms. The molecule has 0 bridgehead atoms. The summed E-state index contributed by atoms with van der Waals surface area (Å²) in [5.41, 5.74) is 6.41. The van der Waals surface area contributed by atoms with Crippen molar-refractivity contribution < 1.29 is 10.0 Å². The summed E-state index contributed by atoms with van der Waals surface area (Å²) < 4.78 is 0. The first-order chi connectivity index (χ1) is 8.44. The van der Waals surface area contributed by atoms with E-state index in [1.807, 2.05) is 7.05 Å². The van der Waals surface area contributed by atoms with E-state index in [2.05, 4.69) is 12.2 Å². The highest BCUT2D eigenvalue weighted by atomic mass is 16.4. The van der Waals surface area contributed by atoms with E-state index in [1.165, 1.54) is 12.8 Å². The Bertz CT molecular complexity index is 286. The lowest BCUT2D eigenvalue weighted by Gasteiger charge is -2.31. The molecule has 5 N–H and O–H groups in total. The molecule has 18 heavy (non-hydrogen) atoms. The summed E-state index contributed by atoms with van der Waals surface area (Å²) in [4.78, 5) is 0. The molecule has 0 aromatic rings. The first kappa shape index (κ1) is 14.3. The Balaban J connectivity index is 1.93. The second-order valence-electron chi connectivity index (χ2n) is 6.61. The molecule has 0 aromatic carbocycles. The molecule has 5 atom stereocenters. The number of nitrogens with one attached hydrogen (secondary N) is 1. The van der Waals surface area contributed by atoms with Crippen molar-refractivity contribution in [2.45, 2.75) is 56.9 Å². The molecule has 0 heterocycles. The van der Waals surface area contributed by atoms with Crippen molar-refractivity contribution in [3.8, 4) is 0 Å². The minimum Gasteiger partial charge on any atom is -0.427 e. The molecule has 2 rings (SSSR count). The van der Waals surface area contributed by atoms with Gasteiger partial charge in [-0.2, -0.15) is 0 Å². The van der Waals surface area contributed by atoms with Gasteiger partial charge in [0.15, 0.2) is 0 Å². The van der Waals surface area contributed by atoms with Gasteiger partial charge in [0.2, 0.25) is 0 Å². The third-order valence-corrected chi connectivity index (χ3v) is 5.20. The molecule has 2 aliphatic carbocycles. The molecule has 2 fully saturated rings. The summed E-state index contributed by atoms with van der Waals surface area (Å²) in [7, 11) is 0.879. The summed E-state index contributed by atoms with van der Waals surface area (Å²) in [5, 5.41) is 21.3. The fraction of sp³-hybridized carbons (Fsp3) is 1.00. The van der Waals surface area contributed by atoms with Crippen molar-refractivity contribution in [1.82, 2.24) is 5.32 Å². The van der Waals surface area contributed by atoms with Gasteiger partial charge in [0.1, 0.15) is 0 Å². The molecule has 0 saturated heterocycles. The first-order valence-corrected chi connectivity index (χ1v) is 7.26. The highest BCUT2D eigenvalue weighted by Crippen LogP contribution is 2.53. The summed E-state index contributed by atoms with van der Waals surface area (Å²) >= 11 is 0. The average Bonchev–Trinajstić information content (AvgIpc) is 2.74. The highest BCUT2D eigenvalue weighted by molar-refractivity contribution is 6.40. The lowest BCUT2D eigenvalue weighted by molar-refractivity contribution is 0.250. The molecule has 0 radical (unpaired) electrons. The zero-order chi connectivity index (χ0) is 13.3. The molecule has 5 heteroatoms. The highest BCUT2D eigenvalue weighted by Gasteiger charge is 2.51. The molecule has 0 amide bonds. The van der Waals surface area contributed by atoms with E-state index in [-0.39, 0.29) is 5.54 Å². The van der Waals surface area contributed by atoms with Crippen LogP contribution in [0.4, 0.5) is 0 Å². The van der Waals surface area contributed by atoms with Crippen molar-refractivity contribution in [2.24, 2.45) is 23.5 Å². The minimum atomic E-state index is -1.17. The van der Waals surface area contributed by atoms with Crippen molar-refractivity contribution in [3.63, 3.8) is 0 Å². The quantitative estimate of drug-likeness (QED) is 0.541. The lowest BCUT2D eigenvalue weighted by Crippen LogP contribution is -2.42. The topological polar surface area (TPSA) is 78.5 Å². The van der Waals surface area contributed by atoms with E-state index in [4.69, 9.17) is 15.8 Å². The number of fused-ring (bicyclic) bond motifs is 1. The van der Waals surface area contributed by atoms with Crippen LogP contribution in [0.3, 0.4) is 0 Å². The molecule has 104 valence electrons. The van der Waals surface area contributed by atoms with Crippen molar-refractivity contribution in [1.29, 1.82) is 0 Å². The van der Waals surface area contributed by atoms with E-state index >= 15 is 0 Å². The largest absolute Gasteiger partial charge is 0.451 e. The SMILES string of the molecule is CN[C@H]1C[C@@H]2C[C@](C)(N)[C@@H](CCCB(O)O)[C@@H]2C1. The fourth-order valence-electron chi connectivity index (χ4n) is 4.39. The predicted octanol–water partition coefficient (Wildman–Crippen LogP) is 0.591. The van der Waals surface area contributed by atoms with Crippen molar-refractivity contribution in [3.05, 3.63) is 0 Å². The molecule has 4 nitrogen and oxygen atoms in total. The monoisotopic (exact) mass is 254 g/mol. The zero-order valence-electron chi connectivity index (χ0n) is 11.6. The molecule has 0 unspecified atom stereocenters. The van der Waals surface area contributed by atoms with Gasteiger partial charge in [-0.15, -0.1) is 0 Å². The molecule has 2 saturated carbocycles. The normalized spacial score (nSPS) is 43.2. The third-order valence-electron chi connectivity index (χ3n) is 5.20. The first-order valence-electron chi connectivity index (χ1n) is 7.26. The van der Waals surface area contributed by atoms with Gasteiger partial charge in [0.25, 0.3) is 0 Å². The van der Waals surface area contributed by atoms with Gasteiger partial charge in [0.05, 0.1) is 0 Å². The van der Waals surface area contributed by atoms with Gasteiger partial charge in [-0.3, -0.25) is 0 Å². The van der Waals surface area contributed by atoms with Crippen LogP contribution >= 0.6 is 0 Å². The van der Waals surface area contributed by atoms with E-state index in [0.717, 1.165) is 31.1 Å². The number of hydrogen-bond donors (Lipinski definition) is 4. The standard InChI is InChI=1S/C13H27BN2O2/c1-13(15)8-9-6-10(16-2)7-11(9)12(13)4-3-5-14(17)18/h9-12,16-18H,3-8,15H2,1-2H3/t9-,10+,11-,12+,13+/m1/s1. The summed E-state index contributed by atoms with van der Waals surface area (Å²) in [6.07, 6.45) is 5.99. The maximum absolute atomic E-state index is 8.94. The number of rotatable bonds is 5. The van der Waals surface area contributed by atoms with E-state index < -0.39 is 7.12 Å². The summed E-state index contributed by atoms with van der Waals surface area (Å²) in [5.74, 6) is 2.04. The Morgan fingerprint density at radius 2 is 2.11 bits per heavy atom. The summed E-state index contributed by atoms with van der Waals surface area (Å²) in [6, 6.07) is 0.655. The van der Waals surface area contributed by atoms with Gasteiger partial charge in [-0.05, 0) is 63.7 Å². The van der Waals surface area contributed by atoms with Crippen LogP contribution < -0.4 is 11.1 Å². The average molecular weight is 254 g/mol. The van der Waals surface area contributed by atoms with Crippen LogP contribution in [-0.4, -0.2) is 35.8 Å². The Morgan fingerprint density at radius 1 is 1.39 bits per heavy atom. The van der Waals surface area contributed by atoms with E-state index in [1.54, 1.807) is 0 Å². The van der Waals surface area contributed by atoms with Crippen LogP contribution in [0.1, 0.15) is 39.0 Å². The van der Waals surface area contributed by atoms with Crippen LogP contribution in [0.25, 0.3) is 0 Å². The summed E-state index contributed by atoms with van der Waals surface area (Å²) in [6.45, 7) is 2.18. The minimum absolute atomic E-state index is 0.0611. The maximum Gasteiger partial charge on any atom is 0.451 e. The van der Waals surface area contributed by atoms with Gasteiger partial charge in [-0.25, -0.2) is 0 Å². The number of nitrogens with two attached hydrogens (primary N) is 1. The van der Waals surface area contributed by atoms with Crippen molar-refractivity contribution >= 4 is 7.12 Å². The van der Waals surface area contributed by atoms with Crippen molar-refractivity contribution in [2.75, 3.05) is 7.05 Å². The maximum atomic E-state index is 8.94. The Kier molecular flexibility index (Phi) is 4.37. The molecular formula is C13H27BN2O2. The van der Waals surface area contributed by atoms with Crippen LogP contribution in [-0.2, 0) is 0 Å². The predicted molar refractivity (Wildman–Crippen MR) is 74.0 cm³/mol. The zero-order valence-corrected chi connectivity index (χ0v) is 11.6. The van der Waals surface area contributed by atoms with Gasteiger partial charge >= 0.3 is 7.12 Å². The Hall–Kier alpha value is -0.0951. The van der Waals surface area contributed by atoms with Gasteiger partial charge in [0, 0.05) is 11.6 Å². The fourth-order valence-corrected chi connectivity index (χ4v) is 4.39. The Labute approximate surface area is 110 Å². The van der Waals surface area contributed by atoms with Crippen LogP contribution in [0, 0.1) is 17.8 Å². The van der Waals surface area contributed by atoms with Crippen LogP contribution in [0.5, 0.6) is 0 Å². The third kappa shape index (κ3) is 2.90. The second-order valence-corrected chi connectivity index (χ2v) is 6.61. The molecule has 0 aliphatic heterocycles. The Morgan fingerprint density at radius 3 is 2.72 bits per heavy atom. The van der Waals surface area contributed by atoms with E-state index in [9.17, 15) is 0 Å². The van der Waals surface area contributed by atoms with Gasteiger partial charge < -0.3 is 21.1 Å².